The molecule has 1 saturated carbocycles. The van der Waals surface area contributed by atoms with E-state index in [0.717, 1.165) is 29.1 Å². The van der Waals surface area contributed by atoms with Crippen molar-refractivity contribution in [1.82, 2.24) is 19.7 Å². The lowest BCUT2D eigenvalue weighted by atomic mass is 9.95. The minimum Gasteiger partial charge on any atom is -0.352 e. The summed E-state index contributed by atoms with van der Waals surface area (Å²) in [5.74, 6) is -0.0292. The fraction of sp³-hybridized carbons (Fsp3) is 0.450. The van der Waals surface area contributed by atoms with Gasteiger partial charge in [0.1, 0.15) is 11.6 Å². The maximum absolute atomic E-state index is 12.9. The van der Waals surface area contributed by atoms with Crippen molar-refractivity contribution in [2.24, 2.45) is 7.05 Å². The molecule has 26 heavy (non-hydrogen) atoms. The summed E-state index contributed by atoms with van der Waals surface area (Å²) in [6, 6.07) is 7.59. The number of nitrogens with zero attached hydrogens (tertiary/aromatic N) is 3. The van der Waals surface area contributed by atoms with E-state index in [1.54, 1.807) is 13.2 Å². The van der Waals surface area contributed by atoms with Crippen LogP contribution in [0.2, 0.25) is 0 Å². The summed E-state index contributed by atoms with van der Waals surface area (Å²) in [7, 11) is 1.64. The Bertz CT molecular complexity index is 1030. The topological polar surface area (TPSA) is 68.9 Å². The van der Waals surface area contributed by atoms with Crippen molar-refractivity contribution in [2.45, 2.75) is 51.1 Å². The maximum Gasteiger partial charge on any atom is 0.291 e. The van der Waals surface area contributed by atoms with E-state index in [1.165, 1.54) is 23.9 Å². The zero-order valence-electron chi connectivity index (χ0n) is 15.2. The zero-order valence-corrected chi connectivity index (χ0v) is 15.2. The third-order valence-corrected chi connectivity index (χ3v) is 5.52. The quantitative estimate of drug-likeness (QED) is 0.788. The van der Waals surface area contributed by atoms with Crippen LogP contribution in [0.1, 0.15) is 45.1 Å². The fourth-order valence-electron chi connectivity index (χ4n) is 4.08. The Morgan fingerprint density at radius 3 is 2.69 bits per heavy atom. The van der Waals surface area contributed by atoms with Crippen LogP contribution in [-0.4, -0.2) is 26.3 Å². The molecule has 0 radical (unpaired) electrons. The number of hydrogen-bond donors (Lipinski definition) is 1. The van der Waals surface area contributed by atoms with Gasteiger partial charge in [0.2, 0.25) is 5.91 Å². The molecule has 2 heterocycles. The van der Waals surface area contributed by atoms with Crippen LogP contribution in [-0.2, 0) is 11.8 Å². The minimum atomic E-state index is -0.463. The number of rotatable bonds is 3. The van der Waals surface area contributed by atoms with Gasteiger partial charge in [-0.1, -0.05) is 37.5 Å². The van der Waals surface area contributed by atoms with Crippen molar-refractivity contribution in [3.63, 3.8) is 0 Å². The molecular formula is C20H24N4O2. The van der Waals surface area contributed by atoms with Crippen molar-refractivity contribution in [3.8, 4) is 0 Å². The number of carbonyl (C=O) groups is 1. The van der Waals surface area contributed by atoms with Gasteiger partial charge in [-0.2, -0.15) is 5.10 Å². The number of carbonyl (C=O) groups excluding carboxylic acids is 1. The SMILES string of the molecule is C[C@H](C(=O)NC1CCCCC1)n1c2ccccc2c2cnn(C)c(=O)c21. The van der Waals surface area contributed by atoms with Gasteiger partial charge in [-0.3, -0.25) is 9.59 Å². The molecule has 0 bridgehead atoms. The molecule has 1 atom stereocenters. The van der Waals surface area contributed by atoms with Crippen LogP contribution in [0.25, 0.3) is 21.8 Å². The molecule has 0 unspecified atom stereocenters. The average Bonchev–Trinajstić information content (AvgIpc) is 3.00. The first-order chi connectivity index (χ1) is 12.6. The number of nitrogens with one attached hydrogen (secondary N) is 1. The second-order valence-electron chi connectivity index (χ2n) is 7.24. The average molecular weight is 352 g/mol. The second-order valence-corrected chi connectivity index (χ2v) is 7.24. The first kappa shape index (κ1) is 16.8. The highest BCUT2D eigenvalue weighted by Gasteiger charge is 2.25. The molecule has 6 nitrogen and oxygen atoms in total. The third-order valence-electron chi connectivity index (χ3n) is 5.52. The molecule has 0 spiro atoms. The summed E-state index contributed by atoms with van der Waals surface area (Å²) in [6.45, 7) is 1.86. The van der Waals surface area contributed by atoms with Crippen LogP contribution in [0, 0.1) is 0 Å². The molecule has 0 aliphatic heterocycles. The monoisotopic (exact) mass is 352 g/mol. The first-order valence-electron chi connectivity index (χ1n) is 9.33. The highest BCUT2D eigenvalue weighted by molar-refractivity contribution is 6.08. The minimum absolute atomic E-state index is 0.0292. The number of hydrogen-bond acceptors (Lipinski definition) is 3. The number of benzene rings is 1. The molecule has 2 aromatic heterocycles. The van der Waals surface area contributed by atoms with Crippen LogP contribution in [0.5, 0.6) is 0 Å². The van der Waals surface area contributed by atoms with Gasteiger partial charge in [-0.05, 0) is 25.8 Å². The van der Waals surface area contributed by atoms with Gasteiger partial charge in [0.25, 0.3) is 5.56 Å². The van der Waals surface area contributed by atoms with Gasteiger partial charge < -0.3 is 9.88 Å². The lowest BCUT2D eigenvalue weighted by Crippen LogP contribution is -2.40. The van der Waals surface area contributed by atoms with E-state index in [0.29, 0.717) is 5.52 Å². The summed E-state index contributed by atoms with van der Waals surface area (Å²) in [6.07, 6.45) is 7.37. The van der Waals surface area contributed by atoms with E-state index in [2.05, 4.69) is 10.4 Å². The largest absolute Gasteiger partial charge is 0.352 e. The van der Waals surface area contributed by atoms with Crippen molar-refractivity contribution in [1.29, 1.82) is 0 Å². The lowest BCUT2D eigenvalue weighted by Gasteiger charge is -2.25. The molecule has 1 N–H and O–H groups in total. The predicted octanol–water partition coefficient (Wildman–Crippen LogP) is 2.90. The highest BCUT2D eigenvalue weighted by Crippen LogP contribution is 2.29. The first-order valence-corrected chi connectivity index (χ1v) is 9.33. The van der Waals surface area contributed by atoms with E-state index in [-0.39, 0.29) is 17.5 Å². The molecular weight excluding hydrogens is 328 g/mol. The van der Waals surface area contributed by atoms with Gasteiger partial charge in [0.05, 0.1) is 11.7 Å². The Morgan fingerprint density at radius 1 is 1.19 bits per heavy atom. The molecule has 4 rings (SSSR count). The smallest absolute Gasteiger partial charge is 0.291 e. The Hall–Kier alpha value is -2.63. The van der Waals surface area contributed by atoms with E-state index in [1.807, 2.05) is 35.8 Å². The predicted molar refractivity (Wildman–Crippen MR) is 102 cm³/mol. The van der Waals surface area contributed by atoms with Crippen molar-refractivity contribution < 1.29 is 4.79 Å². The molecule has 1 amide bonds. The normalized spacial score (nSPS) is 16.8. The van der Waals surface area contributed by atoms with Gasteiger partial charge in [-0.25, -0.2) is 4.68 Å². The molecule has 6 heteroatoms. The molecule has 1 fully saturated rings. The van der Waals surface area contributed by atoms with E-state index in [9.17, 15) is 9.59 Å². The maximum atomic E-state index is 12.9. The van der Waals surface area contributed by atoms with Gasteiger partial charge in [0.15, 0.2) is 0 Å². The Kier molecular flexibility index (Phi) is 4.26. The van der Waals surface area contributed by atoms with Crippen molar-refractivity contribution in [2.75, 3.05) is 0 Å². The number of para-hydroxylation sites is 1. The Morgan fingerprint density at radius 2 is 1.92 bits per heavy atom. The molecule has 1 aliphatic carbocycles. The Labute approximate surface area is 151 Å². The van der Waals surface area contributed by atoms with Crippen LogP contribution in [0.4, 0.5) is 0 Å². The molecule has 1 aromatic carbocycles. The molecule has 0 saturated heterocycles. The number of amides is 1. The van der Waals surface area contributed by atoms with Crippen molar-refractivity contribution >= 4 is 27.7 Å². The number of aryl methyl sites for hydroxylation is 1. The van der Waals surface area contributed by atoms with E-state index in [4.69, 9.17) is 0 Å². The van der Waals surface area contributed by atoms with Gasteiger partial charge >= 0.3 is 0 Å². The van der Waals surface area contributed by atoms with Crippen LogP contribution >= 0.6 is 0 Å². The van der Waals surface area contributed by atoms with Gasteiger partial charge in [-0.15, -0.1) is 0 Å². The summed E-state index contributed by atoms with van der Waals surface area (Å²) in [4.78, 5) is 25.7. The number of aromatic nitrogens is 3. The summed E-state index contributed by atoms with van der Waals surface area (Å²) < 4.78 is 3.19. The fourth-order valence-corrected chi connectivity index (χ4v) is 4.08. The van der Waals surface area contributed by atoms with E-state index < -0.39 is 6.04 Å². The van der Waals surface area contributed by atoms with Crippen LogP contribution in [0.3, 0.4) is 0 Å². The molecule has 3 aromatic rings. The zero-order chi connectivity index (χ0) is 18.3. The second kappa shape index (κ2) is 6.59. The van der Waals surface area contributed by atoms with Crippen LogP contribution in [0.15, 0.2) is 35.3 Å². The molecule has 136 valence electrons. The summed E-state index contributed by atoms with van der Waals surface area (Å²) in [5, 5.41) is 9.09. The summed E-state index contributed by atoms with van der Waals surface area (Å²) >= 11 is 0. The van der Waals surface area contributed by atoms with Crippen molar-refractivity contribution in [3.05, 3.63) is 40.8 Å². The Balaban J connectivity index is 1.82. The standard InChI is InChI=1S/C20H24N4O2/c1-13(19(25)22-14-8-4-3-5-9-14)24-17-11-7-6-10-15(17)16-12-21-23(2)20(26)18(16)24/h6-7,10-14H,3-5,8-9H2,1-2H3,(H,22,25)/t13-/m1/s1. The molecule has 1 aliphatic rings. The summed E-state index contributed by atoms with van der Waals surface area (Å²) in [5.41, 5.74) is 1.24. The van der Waals surface area contributed by atoms with Crippen LogP contribution < -0.4 is 10.9 Å². The number of fused-ring (bicyclic) bond motifs is 3. The third kappa shape index (κ3) is 2.69. The van der Waals surface area contributed by atoms with Gasteiger partial charge in [0, 0.05) is 23.9 Å². The lowest BCUT2D eigenvalue weighted by molar-refractivity contribution is -0.124. The highest BCUT2D eigenvalue weighted by atomic mass is 16.2. The van der Waals surface area contributed by atoms with E-state index >= 15 is 0 Å².